The highest BCUT2D eigenvalue weighted by Gasteiger charge is 2.28. The minimum atomic E-state index is 0.154. The number of likely N-dealkylation sites (N-methyl/N-ethyl adjacent to an activating group) is 1. The Kier molecular flexibility index (Phi) is 6.02. The third kappa shape index (κ3) is 5.01. The fraction of sp³-hybridized carbons (Fsp3) is 0.632. The molecule has 0 aromatic carbocycles. The van der Waals surface area contributed by atoms with Gasteiger partial charge in [0.15, 0.2) is 0 Å². The standard InChI is InChI=1S/C19H29N5O/c1-23(14-18-21-11-9-17(20)22-18)16-10-12-24(13-16)19(25)8-7-15-5-3-2-4-6-15/h7-9,11,15-16H,2-6,10,12-14H2,1H3,(H2,20,21,22)/b8-7+. The molecular formula is C19H29N5O. The Morgan fingerprint density at radius 2 is 2.16 bits per heavy atom. The number of amides is 1. The first-order valence-corrected chi connectivity index (χ1v) is 9.36. The van der Waals surface area contributed by atoms with Gasteiger partial charge in [0, 0.05) is 25.3 Å². The highest BCUT2D eigenvalue weighted by atomic mass is 16.2. The molecule has 1 saturated carbocycles. The summed E-state index contributed by atoms with van der Waals surface area (Å²) in [7, 11) is 2.06. The quantitative estimate of drug-likeness (QED) is 0.830. The van der Waals surface area contributed by atoms with Crippen molar-refractivity contribution in [2.24, 2.45) is 5.92 Å². The van der Waals surface area contributed by atoms with Gasteiger partial charge in [-0.1, -0.05) is 25.3 Å². The number of nitrogen functional groups attached to an aromatic ring is 1. The fourth-order valence-corrected chi connectivity index (χ4v) is 3.80. The lowest BCUT2D eigenvalue weighted by atomic mass is 9.89. The molecule has 6 heteroatoms. The predicted octanol–water partition coefficient (Wildman–Crippen LogP) is 2.23. The largest absolute Gasteiger partial charge is 0.384 e. The molecule has 1 atom stereocenters. The summed E-state index contributed by atoms with van der Waals surface area (Å²) < 4.78 is 0. The number of nitrogens with two attached hydrogens (primary N) is 1. The van der Waals surface area contributed by atoms with Crippen molar-refractivity contribution in [1.29, 1.82) is 0 Å². The topological polar surface area (TPSA) is 75.4 Å². The molecule has 0 spiro atoms. The monoisotopic (exact) mass is 343 g/mol. The number of nitrogens with zero attached hydrogens (tertiary/aromatic N) is 4. The number of anilines is 1. The molecule has 3 rings (SSSR count). The van der Waals surface area contributed by atoms with Gasteiger partial charge in [0.25, 0.3) is 0 Å². The zero-order valence-electron chi connectivity index (χ0n) is 15.1. The van der Waals surface area contributed by atoms with Crippen molar-refractivity contribution in [3.63, 3.8) is 0 Å². The van der Waals surface area contributed by atoms with Crippen molar-refractivity contribution in [3.8, 4) is 0 Å². The number of likely N-dealkylation sites (tertiary alicyclic amines) is 1. The maximum atomic E-state index is 12.4. The van der Waals surface area contributed by atoms with E-state index in [1.54, 1.807) is 18.3 Å². The van der Waals surface area contributed by atoms with Crippen LogP contribution in [0.4, 0.5) is 5.82 Å². The fourth-order valence-electron chi connectivity index (χ4n) is 3.80. The lowest BCUT2D eigenvalue weighted by Crippen LogP contribution is -2.36. The molecule has 1 saturated heterocycles. The van der Waals surface area contributed by atoms with Crippen LogP contribution < -0.4 is 5.73 Å². The first-order valence-electron chi connectivity index (χ1n) is 9.36. The lowest BCUT2D eigenvalue weighted by Gasteiger charge is -2.23. The molecule has 2 fully saturated rings. The van der Waals surface area contributed by atoms with E-state index in [0.29, 0.717) is 24.3 Å². The zero-order valence-corrected chi connectivity index (χ0v) is 15.1. The molecule has 2 heterocycles. The van der Waals surface area contributed by atoms with E-state index in [1.807, 2.05) is 4.90 Å². The van der Waals surface area contributed by atoms with Gasteiger partial charge in [0.2, 0.25) is 5.91 Å². The Balaban J connectivity index is 1.48. The number of carbonyl (C=O) groups is 1. The summed E-state index contributed by atoms with van der Waals surface area (Å²) in [5.41, 5.74) is 5.71. The first kappa shape index (κ1) is 17.9. The summed E-state index contributed by atoms with van der Waals surface area (Å²) in [6.45, 7) is 2.24. The summed E-state index contributed by atoms with van der Waals surface area (Å²) in [4.78, 5) is 25.1. The number of hydrogen-bond acceptors (Lipinski definition) is 5. The van der Waals surface area contributed by atoms with Crippen molar-refractivity contribution in [1.82, 2.24) is 19.8 Å². The van der Waals surface area contributed by atoms with Gasteiger partial charge in [0.1, 0.15) is 11.6 Å². The van der Waals surface area contributed by atoms with E-state index in [4.69, 9.17) is 5.73 Å². The molecule has 2 aliphatic rings. The highest BCUT2D eigenvalue weighted by Crippen LogP contribution is 2.25. The van der Waals surface area contributed by atoms with E-state index in [1.165, 1.54) is 32.1 Å². The molecule has 1 aromatic rings. The van der Waals surface area contributed by atoms with E-state index in [-0.39, 0.29) is 5.91 Å². The lowest BCUT2D eigenvalue weighted by molar-refractivity contribution is -0.125. The molecule has 1 unspecified atom stereocenters. The van der Waals surface area contributed by atoms with Crippen LogP contribution in [-0.2, 0) is 11.3 Å². The molecule has 0 radical (unpaired) electrons. The van der Waals surface area contributed by atoms with Gasteiger partial charge in [-0.15, -0.1) is 0 Å². The first-order chi connectivity index (χ1) is 12.1. The molecule has 2 N–H and O–H groups in total. The molecule has 1 aliphatic heterocycles. The van der Waals surface area contributed by atoms with Crippen molar-refractivity contribution in [3.05, 3.63) is 30.2 Å². The number of aromatic nitrogens is 2. The van der Waals surface area contributed by atoms with Crippen LogP contribution in [0.15, 0.2) is 24.4 Å². The van der Waals surface area contributed by atoms with Crippen molar-refractivity contribution >= 4 is 11.7 Å². The SMILES string of the molecule is CN(Cc1nccc(N)n1)C1CCN(C(=O)/C=C/C2CCCCC2)C1. The maximum absolute atomic E-state index is 12.4. The number of allylic oxidation sites excluding steroid dienone is 1. The van der Waals surface area contributed by atoms with Crippen molar-refractivity contribution in [2.75, 3.05) is 25.9 Å². The molecule has 136 valence electrons. The second-order valence-electron chi connectivity index (χ2n) is 7.30. The van der Waals surface area contributed by atoms with Gasteiger partial charge in [-0.05, 0) is 44.4 Å². The molecule has 25 heavy (non-hydrogen) atoms. The Morgan fingerprint density at radius 3 is 2.92 bits per heavy atom. The number of hydrogen-bond donors (Lipinski definition) is 1. The van der Waals surface area contributed by atoms with Crippen LogP contribution >= 0.6 is 0 Å². The number of carbonyl (C=O) groups excluding carboxylic acids is 1. The Morgan fingerprint density at radius 1 is 1.36 bits per heavy atom. The molecule has 0 bridgehead atoms. The molecule has 1 amide bonds. The second kappa shape index (κ2) is 8.43. The van der Waals surface area contributed by atoms with Crippen LogP contribution in [0.1, 0.15) is 44.3 Å². The van der Waals surface area contributed by atoms with Gasteiger partial charge >= 0.3 is 0 Å². The van der Waals surface area contributed by atoms with Crippen LogP contribution in [0, 0.1) is 5.92 Å². The molecule has 6 nitrogen and oxygen atoms in total. The van der Waals surface area contributed by atoms with Gasteiger partial charge in [-0.3, -0.25) is 9.69 Å². The van der Waals surface area contributed by atoms with Gasteiger partial charge < -0.3 is 10.6 Å². The second-order valence-corrected chi connectivity index (χ2v) is 7.30. The van der Waals surface area contributed by atoms with E-state index >= 15 is 0 Å². The van der Waals surface area contributed by atoms with Gasteiger partial charge in [-0.25, -0.2) is 9.97 Å². The highest BCUT2D eigenvalue weighted by molar-refractivity contribution is 5.87. The molecule has 1 aliphatic carbocycles. The van der Waals surface area contributed by atoms with Crippen molar-refractivity contribution < 1.29 is 4.79 Å². The van der Waals surface area contributed by atoms with Crippen LogP contribution in [0.25, 0.3) is 0 Å². The van der Waals surface area contributed by atoms with E-state index < -0.39 is 0 Å². The molecule has 1 aromatic heterocycles. The smallest absolute Gasteiger partial charge is 0.246 e. The summed E-state index contributed by atoms with van der Waals surface area (Å²) in [5, 5.41) is 0. The molecular weight excluding hydrogens is 314 g/mol. The third-order valence-electron chi connectivity index (χ3n) is 5.38. The summed E-state index contributed by atoms with van der Waals surface area (Å²) >= 11 is 0. The van der Waals surface area contributed by atoms with Crippen LogP contribution in [0.5, 0.6) is 0 Å². The average molecular weight is 343 g/mol. The third-order valence-corrected chi connectivity index (χ3v) is 5.38. The van der Waals surface area contributed by atoms with E-state index in [2.05, 4.69) is 28.0 Å². The minimum absolute atomic E-state index is 0.154. The normalized spacial score (nSPS) is 22.2. The Hall–Kier alpha value is -1.95. The number of rotatable bonds is 5. The Bertz CT molecular complexity index is 612. The predicted molar refractivity (Wildman–Crippen MR) is 98.6 cm³/mol. The van der Waals surface area contributed by atoms with Crippen LogP contribution in [-0.4, -0.2) is 51.9 Å². The summed E-state index contributed by atoms with van der Waals surface area (Å²) in [6.07, 6.45) is 13.0. The van der Waals surface area contributed by atoms with Crippen molar-refractivity contribution in [2.45, 2.75) is 51.1 Å². The Labute approximate surface area is 150 Å². The minimum Gasteiger partial charge on any atom is -0.384 e. The van der Waals surface area contributed by atoms with E-state index in [9.17, 15) is 4.79 Å². The van der Waals surface area contributed by atoms with Crippen LogP contribution in [0.2, 0.25) is 0 Å². The maximum Gasteiger partial charge on any atom is 0.246 e. The van der Waals surface area contributed by atoms with Crippen LogP contribution in [0.3, 0.4) is 0 Å². The summed E-state index contributed by atoms with van der Waals surface area (Å²) in [5.74, 6) is 1.97. The average Bonchev–Trinajstić information content (AvgIpc) is 3.11. The van der Waals surface area contributed by atoms with Gasteiger partial charge in [0.05, 0.1) is 6.54 Å². The summed E-state index contributed by atoms with van der Waals surface area (Å²) in [6, 6.07) is 2.04. The van der Waals surface area contributed by atoms with Gasteiger partial charge in [-0.2, -0.15) is 0 Å². The van der Waals surface area contributed by atoms with E-state index in [0.717, 1.165) is 25.3 Å². The zero-order chi connectivity index (χ0) is 17.6.